The Labute approximate surface area is 73.4 Å². The van der Waals surface area contributed by atoms with Gasteiger partial charge in [0.25, 0.3) is 0 Å². The third-order valence-corrected chi connectivity index (χ3v) is 1.39. The van der Waals surface area contributed by atoms with Gasteiger partial charge in [-0.15, -0.1) is 0 Å². The third kappa shape index (κ3) is 22.5. The lowest BCUT2D eigenvalue weighted by Crippen LogP contribution is -2.09. The van der Waals surface area contributed by atoms with Crippen LogP contribution < -0.4 is 5.32 Å². The van der Waals surface area contributed by atoms with Gasteiger partial charge in [0.1, 0.15) is 0 Å². The summed E-state index contributed by atoms with van der Waals surface area (Å²) in [6.07, 6.45) is 0. The van der Waals surface area contributed by atoms with Gasteiger partial charge < -0.3 is 15.1 Å². The first-order valence-corrected chi connectivity index (χ1v) is 5.41. The Morgan fingerprint density at radius 3 is 1.67 bits per heavy atom. The van der Waals surface area contributed by atoms with Gasteiger partial charge in [0, 0.05) is 0 Å². The minimum Gasteiger partial charge on any atom is -0.317 e. The Kier molecular flexibility index (Phi) is 11.1. The van der Waals surface area contributed by atoms with Crippen molar-refractivity contribution in [3.05, 3.63) is 0 Å². The van der Waals surface area contributed by atoms with Gasteiger partial charge in [-0.2, -0.15) is 0 Å². The first-order chi connectivity index (χ1) is 5.47. The lowest BCUT2D eigenvalue weighted by molar-refractivity contribution is 0.206. The molecule has 0 spiro atoms. The minimum absolute atomic E-state index is 0.0459. The fourth-order valence-electron chi connectivity index (χ4n) is 0.418. The fraction of sp³-hybridized carbons (Fsp3) is 1.00. The van der Waals surface area contributed by atoms with Gasteiger partial charge in [-0.05, 0) is 20.0 Å². The molecule has 0 heterocycles. The number of hydrogen-bond acceptors (Lipinski definition) is 3. The summed E-state index contributed by atoms with van der Waals surface area (Å²) >= 11 is 0. The van der Waals surface area contributed by atoms with Gasteiger partial charge in [0.2, 0.25) is 0 Å². The zero-order chi connectivity index (χ0) is 10.0. The van der Waals surface area contributed by atoms with Gasteiger partial charge in [0.15, 0.2) is 0 Å². The van der Waals surface area contributed by atoms with Crippen LogP contribution in [0.3, 0.4) is 0 Å². The lowest BCUT2D eigenvalue weighted by atomic mass is 10.7. The Morgan fingerprint density at radius 2 is 1.67 bits per heavy atom. The molecule has 6 heteroatoms. The first-order valence-electron chi connectivity index (χ1n) is 3.88. The Balaban J connectivity index is 0. The predicted molar refractivity (Wildman–Crippen MR) is 47.9 cm³/mol. The second-order valence-corrected chi connectivity index (χ2v) is 3.10. The van der Waals surface area contributed by atoms with Gasteiger partial charge in [0.05, 0.1) is 6.61 Å². The quantitative estimate of drug-likeness (QED) is 0.582. The largest absolute Gasteiger partial charge is 0.469 e. The maximum atomic E-state index is 9.70. The van der Waals surface area contributed by atoms with Gasteiger partial charge in [-0.3, -0.25) is 4.52 Å². The summed E-state index contributed by atoms with van der Waals surface area (Å²) in [5.74, 6) is 0. The van der Waals surface area contributed by atoms with Crippen molar-refractivity contribution in [1.82, 2.24) is 5.32 Å². The van der Waals surface area contributed by atoms with E-state index in [0.29, 0.717) is 0 Å². The molecule has 0 saturated heterocycles. The minimum atomic E-state index is -4.17. The van der Waals surface area contributed by atoms with E-state index in [2.05, 4.69) is 23.7 Å². The second-order valence-electron chi connectivity index (χ2n) is 1.87. The molecule has 0 atom stereocenters. The van der Waals surface area contributed by atoms with E-state index in [1.54, 1.807) is 0 Å². The first kappa shape index (κ1) is 14.6. The molecule has 0 bridgehead atoms. The van der Waals surface area contributed by atoms with Crippen molar-refractivity contribution in [3.8, 4) is 0 Å². The van der Waals surface area contributed by atoms with Crippen LogP contribution >= 0.6 is 7.82 Å². The average molecular weight is 199 g/mol. The van der Waals surface area contributed by atoms with Crippen molar-refractivity contribution in [2.75, 3.05) is 19.7 Å². The maximum absolute atomic E-state index is 9.70. The van der Waals surface area contributed by atoms with Crippen LogP contribution in [0.25, 0.3) is 0 Å². The molecule has 0 rings (SSSR count). The molecule has 3 N–H and O–H groups in total. The summed E-state index contributed by atoms with van der Waals surface area (Å²) < 4.78 is 13.6. The number of phosphoric acid groups is 1. The molecule has 0 unspecified atom stereocenters. The number of rotatable bonds is 4. The van der Waals surface area contributed by atoms with E-state index in [0.717, 1.165) is 13.1 Å². The fourth-order valence-corrected chi connectivity index (χ4v) is 0.755. The summed E-state index contributed by atoms with van der Waals surface area (Å²) in [7, 11) is -4.17. The molecule has 0 aliphatic carbocycles. The molecule has 76 valence electrons. The molecule has 0 amide bonds. The van der Waals surface area contributed by atoms with Crippen LogP contribution in [0.4, 0.5) is 0 Å². The maximum Gasteiger partial charge on any atom is 0.469 e. The molecule has 0 aromatic carbocycles. The van der Waals surface area contributed by atoms with Gasteiger partial charge >= 0.3 is 7.82 Å². The zero-order valence-electron chi connectivity index (χ0n) is 7.78. The van der Waals surface area contributed by atoms with Crippen molar-refractivity contribution >= 4 is 7.82 Å². The molecular formula is C6H18NO4P. The summed E-state index contributed by atoms with van der Waals surface area (Å²) in [6, 6.07) is 0. The van der Waals surface area contributed by atoms with E-state index in [1.165, 1.54) is 6.92 Å². The zero-order valence-corrected chi connectivity index (χ0v) is 8.67. The van der Waals surface area contributed by atoms with Crippen LogP contribution in [0.1, 0.15) is 20.8 Å². The molecule has 0 saturated carbocycles. The molecule has 0 aromatic heterocycles. The van der Waals surface area contributed by atoms with E-state index in [1.807, 2.05) is 0 Å². The molecule has 0 aliphatic heterocycles. The number of nitrogens with one attached hydrogen (secondary N) is 1. The summed E-state index contributed by atoms with van der Waals surface area (Å²) in [4.78, 5) is 15.8. The molecule has 12 heavy (non-hydrogen) atoms. The van der Waals surface area contributed by atoms with E-state index < -0.39 is 7.82 Å². The van der Waals surface area contributed by atoms with Gasteiger partial charge in [-0.1, -0.05) is 13.8 Å². The van der Waals surface area contributed by atoms with E-state index >= 15 is 0 Å². The molecule has 0 aliphatic rings. The molecular weight excluding hydrogens is 181 g/mol. The Hall–Kier alpha value is 0.0700. The highest BCUT2D eigenvalue weighted by Gasteiger charge is 2.10. The smallest absolute Gasteiger partial charge is 0.317 e. The van der Waals surface area contributed by atoms with Crippen molar-refractivity contribution in [1.29, 1.82) is 0 Å². The SMILES string of the molecule is CCNCC.CCOP(=O)(O)O. The van der Waals surface area contributed by atoms with Crippen molar-refractivity contribution in [2.45, 2.75) is 20.8 Å². The van der Waals surface area contributed by atoms with Crippen LogP contribution in [0.15, 0.2) is 0 Å². The summed E-state index contributed by atoms with van der Waals surface area (Å²) in [5.41, 5.74) is 0. The highest BCUT2D eigenvalue weighted by molar-refractivity contribution is 7.46. The number of phosphoric ester groups is 1. The van der Waals surface area contributed by atoms with E-state index in [9.17, 15) is 4.57 Å². The normalized spacial score (nSPS) is 10.4. The second kappa shape index (κ2) is 9.16. The Morgan fingerprint density at radius 1 is 1.25 bits per heavy atom. The highest BCUT2D eigenvalue weighted by Crippen LogP contribution is 2.34. The lowest BCUT2D eigenvalue weighted by Gasteiger charge is -1.98. The van der Waals surface area contributed by atoms with Crippen LogP contribution in [0.5, 0.6) is 0 Å². The summed E-state index contributed by atoms with van der Waals surface area (Å²) in [5, 5.41) is 3.11. The van der Waals surface area contributed by atoms with Crippen LogP contribution in [-0.2, 0) is 9.09 Å². The third-order valence-electron chi connectivity index (χ3n) is 0.797. The topological polar surface area (TPSA) is 78.8 Å². The van der Waals surface area contributed by atoms with Crippen molar-refractivity contribution < 1.29 is 18.9 Å². The number of hydrogen-bond donors (Lipinski definition) is 3. The van der Waals surface area contributed by atoms with Crippen molar-refractivity contribution in [2.24, 2.45) is 0 Å². The van der Waals surface area contributed by atoms with Crippen molar-refractivity contribution in [3.63, 3.8) is 0 Å². The monoisotopic (exact) mass is 199 g/mol. The molecule has 0 fully saturated rings. The molecule has 0 radical (unpaired) electrons. The standard InChI is InChI=1S/C4H11N.C2H7O4P/c1-3-5-4-2;1-2-6-7(3,4)5/h5H,3-4H2,1-2H3;2H2,1H3,(H2,3,4,5). The van der Waals surface area contributed by atoms with E-state index in [4.69, 9.17) is 9.79 Å². The van der Waals surface area contributed by atoms with Crippen LogP contribution in [-0.4, -0.2) is 29.5 Å². The van der Waals surface area contributed by atoms with E-state index in [-0.39, 0.29) is 6.61 Å². The van der Waals surface area contributed by atoms with Crippen LogP contribution in [0.2, 0.25) is 0 Å². The molecule has 5 nitrogen and oxygen atoms in total. The van der Waals surface area contributed by atoms with Crippen LogP contribution in [0, 0.1) is 0 Å². The molecule has 0 aromatic rings. The average Bonchev–Trinajstić information content (AvgIpc) is 1.87. The predicted octanol–water partition coefficient (Wildman–Crippen LogP) is 0.731. The Bertz CT molecular complexity index is 123. The summed E-state index contributed by atoms with van der Waals surface area (Å²) in [6.45, 7) is 7.95. The highest BCUT2D eigenvalue weighted by atomic mass is 31.2. The van der Waals surface area contributed by atoms with Gasteiger partial charge in [-0.25, -0.2) is 4.57 Å².